The molecular weight excluding hydrogens is 340 g/mol. The summed E-state index contributed by atoms with van der Waals surface area (Å²) in [6, 6.07) is 4.33. The minimum atomic E-state index is -0.525. The number of hydrogen-bond acceptors (Lipinski definition) is 6. The first-order valence-electron chi connectivity index (χ1n) is 8.66. The molecule has 0 aliphatic heterocycles. The third-order valence-electron chi connectivity index (χ3n) is 4.05. The molecule has 0 spiro atoms. The Bertz CT molecular complexity index is 648. The van der Waals surface area contributed by atoms with E-state index in [0.29, 0.717) is 11.5 Å². The highest BCUT2D eigenvalue weighted by atomic mass is 16.6. The van der Waals surface area contributed by atoms with Crippen molar-refractivity contribution < 1.29 is 23.9 Å². The zero-order chi connectivity index (χ0) is 19.3. The van der Waals surface area contributed by atoms with Crippen LogP contribution >= 0.6 is 0 Å². The van der Waals surface area contributed by atoms with E-state index in [1.54, 1.807) is 0 Å². The topological polar surface area (TPSA) is 99.9 Å². The first-order chi connectivity index (χ1) is 12.2. The van der Waals surface area contributed by atoms with Gasteiger partial charge in [0.1, 0.15) is 5.60 Å². The zero-order valence-electron chi connectivity index (χ0n) is 15.6. The Morgan fingerprint density at radius 2 is 1.85 bits per heavy atom. The number of benzene rings is 1. The van der Waals surface area contributed by atoms with Crippen molar-refractivity contribution in [1.82, 2.24) is 5.32 Å². The first kappa shape index (κ1) is 19.8. The second kappa shape index (κ2) is 8.25. The van der Waals surface area contributed by atoms with Gasteiger partial charge in [-0.3, -0.25) is 10.1 Å². The van der Waals surface area contributed by atoms with Crippen molar-refractivity contribution in [2.45, 2.75) is 64.2 Å². The van der Waals surface area contributed by atoms with Crippen molar-refractivity contribution in [3.63, 3.8) is 0 Å². The summed E-state index contributed by atoms with van der Waals surface area (Å²) in [6.45, 7) is 5.47. The molecule has 2 rings (SSSR count). The van der Waals surface area contributed by atoms with E-state index < -0.39 is 16.6 Å². The summed E-state index contributed by atoms with van der Waals surface area (Å²) < 4.78 is 16.4. The molecule has 1 aromatic carbocycles. The van der Waals surface area contributed by atoms with Gasteiger partial charge in [-0.2, -0.15) is 0 Å². The number of amides is 1. The lowest BCUT2D eigenvalue weighted by Gasteiger charge is -2.30. The van der Waals surface area contributed by atoms with Gasteiger partial charge < -0.3 is 19.5 Å². The maximum absolute atomic E-state index is 11.8. The summed E-state index contributed by atoms with van der Waals surface area (Å²) in [4.78, 5) is 22.3. The van der Waals surface area contributed by atoms with E-state index in [0.717, 1.165) is 25.7 Å². The van der Waals surface area contributed by atoms with Crippen LogP contribution in [0.2, 0.25) is 0 Å². The number of carbonyl (C=O) groups is 1. The lowest BCUT2D eigenvalue weighted by molar-refractivity contribution is -0.385. The summed E-state index contributed by atoms with van der Waals surface area (Å²) in [5.74, 6) is 0.829. The van der Waals surface area contributed by atoms with E-state index in [1.807, 2.05) is 20.8 Å². The number of nitrogens with one attached hydrogen (secondary N) is 1. The predicted octanol–water partition coefficient (Wildman–Crippen LogP) is 3.82. The molecular formula is C18H26N2O6. The number of methoxy groups -OCH3 is 1. The average Bonchev–Trinajstić information content (AvgIpc) is 2.54. The van der Waals surface area contributed by atoms with Crippen molar-refractivity contribution >= 4 is 11.8 Å². The highest BCUT2D eigenvalue weighted by molar-refractivity contribution is 5.68. The van der Waals surface area contributed by atoms with Crippen LogP contribution in [0, 0.1) is 10.1 Å². The lowest BCUT2D eigenvalue weighted by atomic mass is 9.93. The van der Waals surface area contributed by atoms with Gasteiger partial charge >= 0.3 is 6.09 Å². The highest BCUT2D eigenvalue weighted by Gasteiger charge is 2.26. The summed E-state index contributed by atoms with van der Waals surface area (Å²) in [6.07, 6.45) is 2.46. The number of carbonyl (C=O) groups excluding carboxylic acids is 1. The monoisotopic (exact) mass is 366 g/mol. The average molecular weight is 366 g/mol. The van der Waals surface area contributed by atoms with E-state index in [-0.39, 0.29) is 17.8 Å². The molecule has 144 valence electrons. The van der Waals surface area contributed by atoms with E-state index in [1.165, 1.54) is 25.3 Å². The molecule has 1 fully saturated rings. The standard InChI is InChI=1S/C18H26N2O6/c1-18(2,3)26-17(21)19-12-5-8-14(9-6-12)25-16-11-13(20(22)23)7-10-15(16)24-4/h7,10-12,14H,5-6,8-9H2,1-4H3,(H,19,21). The molecule has 1 saturated carbocycles. The summed E-state index contributed by atoms with van der Waals surface area (Å²) >= 11 is 0. The van der Waals surface area contributed by atoms with Crippen LogP contribution in [-0.2, 0) is 4.74 Å². The first-order valence-corrected chi connectivity index (χ1v) is 8.66. The molecule has 0 aromatic heterocycles. The fourth-order valence-corrected chi connectivity index (χ4v) is 2.85. The summed E-state index contributed by atoms with van der Waals surface area (Å²) in [5.41, 5.74) is -0.565. The number of nitrogens with zero attached hydrogens (tertiary/aromatic N) is 1. The normalized spacial score (nSPS) is 20.2. The van der Waals surface area contributed by atoms with E-state index in [2.05, 4.69) is 5.32 Å². The molecule has 0 heterocycles. The third kappa shape index (κ3) is 5.79. The maximum Gasteiger partial charge on any atom is 0.407 e. The van der Waals surface area contributed by atoms with Gasteiger partial charge in [-0.25, -0.2) is 4.79 Å². The van der Waals surface area contributed by atoms with Crippen molar-refractivity contribution in [3.05, 3.63) is 28.3 Å². The molecule has 1 amide bonds. The van der Waals surface area contributed by atoms with Crippen LogP contribution in [0.4, 0.5) is 10.5 Å². The number of ether oxygens (including phenoxy) is 3. The predicted molar refractivity (Wildman–Crippen MR) is 95.7 cm³/mol. The minimum Gasteiger partial charge on any atom is -0.493 e. The van der Waals surface area contributed by atoms with Gasteiger partial charge in [0.15, 0.2) is 11.5 Å². The zero-order valence-corrected chi connectivity index (χ0v) is 15.6. The Morgan fingerprint density at radius 1 is 1.19 bits per heavy atom. The van der Waals surface area contributed by atoms with Gasteiger partial charge in [0.25, 0.3) is 5.69 Å². The van der Waals surface area contributed by atoms with E-state index in [4.69, 9.17) is 14.2 Å². The van der Waals surface area contributed by atoms with Crippen molar-refractivity contribution in [1.29, 1.82) is 0 Å². The number of nitro benzene ring substituents is 1. The smallest absolute Gasteiger partial charge is 0.407 e. The number of rotatable bonds is 5. The lowest BCUT2D eigenvalue weighted by Crippen LogP contribution is -2.42. The second-order valence-corrected chi connectivity index (χ2v) is 7.33. The Kier molecular flexibility index (Phi) is 6.28. The Balaban J connectivity index is 1.90. The highest BCUT2D eigenvalue weighted by Crippen LogP contribution is 2.34. The van der Waals surface area contributed by atoms with Gasteiger partial charge in [-0.05, 0) is 52.5 Å². The van der Waals surface area contributed by atoms with Gasteiger partial charge in [0.2, 0.25) is 0 Å². The quantitative estimate of drug-likeness (QED) is 0.628. The molecule has 8 heteroatoms. The molecule has 1 aliphatic rings. The van der Waals surface area contributed by atoms with Gasteiger partial charge in [0, 0.05) is 12.1 Å². The Labute approximate surface area is 153 Å². The molecule has 26 heavy (non-hydrogen) atoms. The molecule has 0 radical (unpaired) electrons. The Morgan fingerprint density at radius 3 is 2.38 bits per heavy atom. The van der Waals surface area contributed by atoms with Crippen molar-refractivity contribution in [3.8, 4) is 11.5 Å². The van der Waals surface area contributed by atoms with E-state index in [9.17, 15) is 14.9 Å². The fourth-order valence-electron chi connectivity index (χ4n) is 2.85. The summed E-state index contributed by atoms with van der Waals surface area (Å²) in [5, 5.41) is 13.8. The van der Waals surface area contributed by atoms with Crippen LogP contribution in [0.3, 0.4) is 0 Å². The van der Waals surface area contributed by atoms with Crippen molar-refractivity contribution in [2.24, 2.45) is 0 Å². The molecule has 8 nitrogen and oxygen atoms in total. The van der Waals surface area contributed by atoms with Crippen molar-refractivity contribution in [2.75, 3.05) is 7.11 Å². The Hall–Kier alpha value is -2.51. The molecule has 0 atom stereocenters. The molecule has 1 aliphatic carbocycles. The number of alkyl carbamates (subject to hydrolysis) is 1. The van der Waals surface area contributed by atoms with Gasteiger partial charge in [-0.15, -0.1) is 0 Å². The second-order valence-electron chi connectivity index (χ2n) is 7.33. The largest absolute Gasteiger partial charge is 0.493 e. The molecule has 1 aromatic rings. The number of hydrogen-bond donors (Lipinski definition) is 1. The SMILES string of the molecule is COc1ccc([N+](=O)[O-])cc1OC1CCC(NC(=O)OC(C)(C)C)CC1. The minimum absolute atomic E-state index is 0.0386. The van der Waals surface area contributed by atoms with Crippen LogP contribution in [0.5, 0.6) is 11.5 Å². The molecule has 1 N–H and O–H groups in total. The van der Waals surface area contributed by atoms with Crippen LogP contribution < -0.4 is 14.8 Å². The van der Waals surface area contributed by atoms with Crippen LogP contribution in [0.1, 0.15) is 46.5 Å². The van der Waals surface area contributed by atoms with Gasteiger partial charge in [-0.1, -0.05) is 0 Å². The number of nitro groups is 1. The third-order valence-corrected chi connectivity index (χ3v) is 4.05. The van der Waals surface area contributed by atoms with Crippen LogP contribution in [0.15, 0.2) is 18.2 Å². The maximum atomic E-state index is 11.8. The molecule has 0 bridgehead atoms. The summed E-state index contributed by atoms with van der Waals surface area (Å²) in [7, 11) is 1.50. The number of non-ortho nitro benzene ring substituents is 1. The van der Waals surface area contributed by atoms with Crippen LogP contribution in [0.25, 0.3) is 0 Å². The molecule has 0 saturated heterocycles. The fraction of sp³-hybridized carbons (Fsp3) is 0.611. The van der Waals surface area contributed by atoms with Crippen LogP contribution in [-0.4, -0.2) is 35.9 Å². The van der Waals surface area contributed by atoms with Gasteiger partial charge in [0.05, 0.1) is 24.2 Å². The van der Waals surface area contributed by atoms with E-state index >= 15 is 0 Å². The molecule has 0 unspecified atom stereocenters.